The third-order valence-electron chi connectivity index (χ3n) is 3.70. The Morgan fingerprint density at radius 1 is 1.26 bits per heavy atom. The summed E-state index contributed by atoms with van der Waals surface area (Å²) < 4.78 is 5.87. The molecule has 1 amide bonds. The number of benzene rings is 2. The van der Waals surface area contributed by atoms with Gasteiger partial charge >= 0.3 is 5.97 Å². The van der Waals surface area contributed by atoms with Crippen molar-refractivity contribution in [1.82, 2.24) is 0 Å². The molecule has 0 aliphatic rings. The average molecular weight is 405 g/mol. The van der Waals surface area contributed by atoms with Crippen LogP contribution in [0.5, 0.6) is 0 Å². The van der Waals surface area contributed by atoms with Crippen LogP contribution in [-0.2, 0) is 4.74 Å². The molecule has 0 saturated heterocycles. The highest BCUT2D eigenvalue weighted by Crippen LogP contribution is 2.37. The van der Waals surface area contributed by atoms with Crippen LogP contribution in [0.15, 0.2) is 42.5 Å². The van der Waals surface area contributed by atoms with Gasteiger partial charge in [-0.25, -0.2) is 4.79 Å². The van der Waals surface area contributed by atoms with Gasteiger partial charge in [0, 0.05) is 21.2 Å². The second-order valence-corrected chi connectivity index (χ2v) is 6.88. The maximum atomic E-state index is 12.7. The first kappa shape index (κ1) is 18.8. The quantitative estimate of drug-likeness (QED) is 0.370. The van der Waals surface area contributed by atoms with Crippen molar-refractivity contribution in [1.29, 1.82) is 0 Å². The minimum Gasteiger partial charge on any atom is -0.462 e. The molecular formula is C18H13ClN2O5S. The molecule has 0 radical (unpaired) electrons. The first-order chi connectivity index (χ1) is 12.9. The number of fused-ring (bicyclic) bond motifs is 1. The zero-order valence-electron chi connectivity index (χ0n) is 14.0. The minimum atomic E-state index is -0.713. The van der Waals surface area contributed by atoms with Gasteiger partial charge in [0.25, 0.3) is 11.6 Å². The summed E-state index contributed by atoms with van der Waals surface area (Å²) in [6, 6.07) is 10.9. The van der Waals surface area contributed by atoms with E-state index in [0.29, 0.717) is 5.39 Å². The number of nitro benzene ring substituents is 1. The number of amides is 1. The van der Waals surface area contributed by atoms with Gasteiger partial charge in [-0.05, 0) is 25.1 Å². The minimum absolute atomic E-state index is 0.146. The van der Waals surface area contributed by atoms with E-state index in [1.54, 1.807) is 19.1 Å². The zero-order valence-corrected chi connectivity index (χ0v) is 15.6. The third-order valence-corrected chi connectivity index (χ3v) is 5.02. The number of esters is 1. The molecule has 0 saturated carbocycles. The first-order valence-electron chi connectivity index (χ1n) is 7.86. The van der Waals surface area contributed by atoms with Crippen molar-refractivity contribution in [2.75, 3.05) is 11.9 Å². The van der Waals surface area contributed by atoms with E-state index in [-0.39, 0.29) is 27.8 Å². The largest absolute Gasteiger partial charge is 0.462 e. The fourth-order valence-corrected chi connectivity index (χ4v) is 3.81. The first-order valence-corrected chi connectivity index (χ1v) is 9.05. The number of hydrogen-bond acceptors (Lipinski definition) is 6. The second-order valence-electron chi connectivity index (χ2n) is 5.40. The summed E-state index contributed by atoms with van der Waals surface area (Å²) in [5.74, 6) is -1.29. The van der Waals surface area contributed by atoms with E-state index in [0.717, 1.165) is 10.8 Å². The molecule has 1 heterocycles. The normalized spacial score (nSPS) is 10.6. The van der Waals surface area contributed by atoms with Gasteiger partial charge < -0.3 is 10.1 Å². The number of anilines is 1. The van der Waals surface area contributed by atoms with Gasteiger partial charge in [-0.15, -0.1) is 11.3 Å². The van der Waals surface area contributed by atoms with Crippen LogP contribution in [0.25, 0.3) is 10.1 Å². The fourth-order valence-electron chi connectivity index (χ4n) is 2.56. The van der Waals surface area contributed by atoms with E-state index < -0.39 is 22.5 Å². The Balaban J connectivity index is 2.04. The summed E-state index contributed by atoms with van der Waals surface area (Å²) >= 11 is 6.98. The Morgan fingerprint density at radius 2 is 2.00 bits per heavy atom. The van der Waals surface area contributed by atoms with Gasteiger partial charge in [0.1, 0.15) is 16.1 Å². The molecule has 0 fully saturated rings. The average Bonchev–Trinajstić information content (AvgIpc) is 2.99. The molecule has 27 heavy (non-hydrogen) atoms. The van der Waals surface area contributed by atoms with Crippen molar-refractivity contribution in [2.24, 2.45) is 0 Å². The van der Waals surface area contributed by atoms with Crippen molar-refractivity contribution in [2.45, 2.75) is 6.92 Å². The van der Waals surface area contributed by atoms with Crippen LogP contribution in [0.2, 0.25) is 5.02 Å². The molecule has 0 bridgehead atoms. The summed E-state index contributed by atoms with van der Waals surface area (Å²) in [6.45, 7) is 1.86. The van der Waals surface area contributed by atoms with Crippen LogP contribution in [0, 0.1) is 10.1 Å². The lowest BCUT2D eigenvalue weighted by atomic mass is 10.1. The van der Waals surface area contributed by atoms with Crippen LogP contribution in [0.4, 0.5) is 10.7 Å². The fraction of sp³-hybridized carbons (Fsp3) is 0.111. The number of hydrogen-bond donors (Lipinski definition) is 1. The summed E-state index contributed by atoms with van der Waals surface area (Å²) in [5.41, 5.74) is -0.349. The molecule has 0 aliphatic heterocycles. The molecule has 0 unspecified atom stereocenters. The topological polar surface area (TPSA) is 98.5 Å². The highest BCUT2D eigenvalue weighted by Gasteiger charge is 2.25. The Kier molecular flexibility index (Phi) is 5.38. The predicted octanol–water partition coefficient (Wildman–Crippen LogP) is 4.89. The highest BCUT2D eigenvalue weighted by molar-refractivity contribution is 7.23. The van der Waals surface area contributed by atoms with Crippen molar-refractivity contribution in [3.05, 3.63) is 68.7 Å². The lowest BCUT2D eigenvalue weighted by Crippen LogP contribution is -2.15. The molecular weight excluding hydrogens is 392 g/mol. The van der Waals surface area contributed by atoms with Crippen LogP contribution in [0.1, 0.15) is 27.6 Å². The van der Waals surface area contributed by atoms with E-state index in [2.05, 4.69) is 5.32 Å². The van der Waals surface area contributed by atoms with Crippen LogP contribution in [-0.4, -0.2) is 23.4 Å². The number of nitro groups is 1. The second kappa shape index (κ2) is 7.73. The molecule has 2 aromatic carbocycles. The number of carbonyl (C=O) groups is 2. The van der Waals surface area contributed by atoms with Crippen LogP contribution >= 0.6 is 22.9 Å². The summed E-state index contributed by atoms with van der Waals surface area (Å²) in [4.78, 5) is 35.6. The van der Waals surface area contributed by atoms with E-state index in [1.165, 1.54) is 23.5 Å². The predicted molar refractivity (Wildman–Crippen MR) is 104 cm³/mol. The number of nitrogens with one attached hydrogen (secondary N) is 1. The molecule has 138 valence electrons. The van der Waals surface area contributed by atoms with Gasteiger partial charge in [0.2, 0.25) is 0 Å². The SMILES string of the molecule is CCOC(=O)c1c(NC(=O)c2ccc(Cl)cc2[N+](=O)[O-])sc2ccccc12. The van der Waals surface area contributed by atoms with Gasteiger partial charge in [-0.3, -0.25) is 14.9 Å². The monoisotopic (exact) mass is 404 g/mol. The zero-order chi connectivity index (χ0) is 19.6. The molecule has 7 nitrogen and oxygen atoms in total. The summed E-state index contributed by atoms with van der Waals surface area (Å²) in [7, 11) is 0. The van der Waals surface area contributed by atoms with Gasteiger partial charge in [-0.1, -0.05) is 29.8 Å². The number of ether oxygens (including phenoxy) is 1. The van der Waals surface area contributed by atoms with Crippen LogP contribution < -0.4 is 5.32 Å². The highest BCUT2D eigenvalue weighted by atomic mass is 35.5. The lowest BCUT2D eigenvalue weighted by Gasteiger charge is -2.07. The van der Waals surface area contributed by atoms with Crippen molar-refractivity contribution >= 4 is 55.6 Å². The van der Waals surface area contributed by atoms with E-state index in [4.69, 9.17) is 16.3 Å². The number of thiophene rings is 1. The van der Waals surface area contributed by atoms with E-state index in [1.807, 2.05) is 12.1 Å². The summed E-state index contributed by atoms with van der Waals surface area (Å²) in [6.07, 6.45) is 0. The number of halogens is 1. The molecule has 1 aromatic heterocycles. The molecule has 0 spiro atoms. The van der Waals surface area contributed by atoms with Crippen molar-refractivity contribution in [3.63, 3.8) is 0 Å². The summed E-state index contributed by atoms with van der Waals surface area (Å²) in [5, 5.41) is 14.9. The molecule has 0 aliphatic carbocycles. The van der Waals surface area contributed by atoms with E-state index in [9.17, 15) is 19.7 Å². The third kappa shape index (κ3) is 3.76. The Labute approximate surface area is 162 Å². The maximum absolute atomic E-state index is 12.7. The molecule has 1 N–H and O–H groups in total. The van der Waals surface area contributed by atoms with Crippen LogP contribution in [0.3, 0.4) is 0 Å². The van der Waals surface area contributed by atoms with Crippen molar-refractivity contribution in [3.8, 4) is 0 Å². The number of nitrogens with zero attached hydrogens (tertiary/aromatic N) is 1. The van der Waals surface area contributed by atoms with Gasteiger partial charge in [0.05, 0.1) is 11.5 Å². The molecule has 3 rings (SSSR count). The lowest BCUT2D eigenvalue weighted by molar-refractivity contribution is -0.385. The number of rotatable bonds is 5. The number of carbonyl (C=O) groups excluding carboxylic acids is 2. The Morgan fingerprint density at radius 3 is 2.70 bits per heavy atom. The Hall–Kier alpha value is -2.97. The molecule has 0 atom stereocenters. The van der Waals surface area contributed by atoms with E-state index >= 15 is 0 Å². The smallest absolute Gasteiger partial charge is 0.341 e. The van der Waals surface area contributed by atoms with Gasteiger partial charge in [0.15, 0.2) is 0 Å². The van der Waals surface area contributed by atoms with Gasteiger partial charge in [-0.2, -0.15) is 0 Å². The molecule has 3 aromatic rings. The Bertz CT molecular complexity index is 1060. The molecule has 9 heteroatoms. The van der Waals surface area contributed by atoms with Crippen molar-refractivity contribution < 1.29 is 19.2 Å². The maximum Gasteiger partial charge on any atom is 0.341 e. The standard InChI is InChI=1S/C18H13ClN2O5S/c1-2-26-18(23)15-12-5-3-4-6-14(12)27-17(15)20-16(22)11-8-7-10(19)9-13(11)21(24)25/h3-9H,2H2,1H3,(H,20,22).